The maximum Gasteiger partial charge on any atom is 0.226 e. The van der Waals surface area contributed by atoms with E-state index in [9.17, 15) is 4.79 Å². The molecule has 1 aliphatic rings. The molecular weight excluding hydrogens is 344 g/mol. The summed E-state index contributed by atoms with van der Waals surface area (Å²) < 4.78 is 0. The lowest BCUT2D eigenvalue weighted by Crippen LogP contribution is -2.24. The quantitative estimate of drug-likeness (QED) is 0.758. The standard InChI is InChI=1S/C20H18N4OS/c1-13-6-15(2-4-21-13)20-18-11-22-17(7-16(18)10-24-20)8-19(25)23-9-14-3-5-26-12-14/h2-7,11-12H,8-10H2,1H3,(H,23,25). The SMILES string of the molecule is Cc1cc(C2=NCc3cc(CC(=O)NCc4ccsc4)ncc32)ccn1. The van der Waals surface area contributed by atoms with Gasteiger partial charge in [-0.15, -0.1) is 0 Å². The Morgan fingerprint density at radius 1 is 1.27 bits per heavy atom. The summed E-state index contributed by atoms with van der Waals surface area (Å²) in [6.07, 6.45) is 3.91. The third kappa shape index (κ3) is 3.55. The van der Waals surface area contributed by atoms with Gasteiger partial charge in [-0.25, -0.2) is 0 Å². The van der Waals surface area contributed by atoms with Crippen molar-refractivity contribution in [2.24, 2.45) is 4.99 Å². The van der Waals surface area contributed by atoms with Crippen LogP contribution in [0, 0.1) is 6.92 Å². The molecule has 0 saturated carbocycles. The number of aryl methyl sites for hydroxylation is 1. The van der Waals surface area contributed by atoms with E-state index in [1.54, 1.807) is 17.5 Å². The molecule has 3 aromatic rings. The minimum Gasteiger partial charge on any atom is -0.352 e. The molecule has 5 nitrogen and oxygen atoms in total. The number of rotatable bonds is 5. The number of thiophene rings is 1. The first kappa shape index (κ1) is 16.6. The van der Waals surface area contributed by atoms with Gasteiger partial charge < -0.3 is 5.32 Å². The van der Waals surface area contributed by atoms with Gasteiger partial charge in [0.25, 0.3) is 0 Å². The van der Waals surface area contributed by atoms with E-state index in [1.165, 1.54) is 0 Å². The molecule has 6 heteroatoms. The highest BCUT2D eigenvalue weighted by atomic mass is 32.1. The molecule has 4 rings (SSSR count). The van der Waals surface area contributed by atoms with Crippen molar-refractivity contribution in [3.8, 4) is 0 Å². The maximum atomic E-state index is 12.1. The molecule has 0 aromatic carbocycles. The average Bonchev–Trinajstić information content (AvgIpc) is 3.29. The predicted octanol–water partition coefficient (Wildman–Crippen LogP) is 3.06. The van der Waals surface area contributed by atoms with E-state index in [2.05, 4.69) is 20.3 Å². The number of nitrogens with one attached hydrogen (secondary N) is 1. The van der Waals surface area contributed by atoms with Crippen LogP contribution in [0.4, 0.5) is 0 Å². The average molecular weight is 362 g/mol. The van der Waals surface area contributed by atoms with E-state index in [0.29, 0.717) is 13.1 Å². The van der Waals surface area contributed by atoms with E-state index < -0.39 is 0 Å². The molecular formula is C20H18N4OS. The monoisotopic (exact) mass is 362 g/mol. The summed E-state index contributed by atoms with van der Waals surface area (Å²) in [6.45, 7) is 3.15. The Bertz CT molecular complexity index is 979. The van der Waals surface area contributed by atoms with Gasteiger partial charge in [0, 0.05) is 35.8 Å². The van der Waals surface area contributed by atoms with Gasteiger partial charge in [-0.05, 0) is 53.1 Å². The van der Waals surface area contributed by atoms with Gasteiger partial charge in [0.15, 0.2) is 0 Å². The zero-order chi connectivity index (χ0) is 17.9. The Kier molecular flexibility index (Phi) is 4.58. The molecule has 130 valence electrons. The Labute approximate surface area is 155 Å². The summed E-state index contributed by atoms with van der Waals surface area (Å²) in [5.41, 5.74) is 7.02. The van der Waals surface area contributed by atoms with Crippen molar-refractivity contribution in [1.29, 1.82) is 0 Å². The molecule has 0 unspecified atom stereocenters. The van der Waals surface area contributed by atoms with Crippen LogP contribution in [0.2, 0.25) is 0 Å². The lowest BCUT2D eigenvalue weighted by atomic mass is 10.0. The van der Waals surface area contributed by atoms with Crippen LogP contribution >= 0.6 is 11.3 Å². The van der Waals surface area contributed by atoms with E-state index in [4.69, 9.17) is 0 Å². The summed E-state index contributed by atoms with van der Waals surface area (Å²) in [6, 6.07) is 7.99. The molecule has 0 aliphatic carbocycles. The molecule has 4 heterocycles. The Morgan fingerprint density at radius 2 is 2.19 bits per heavy atom. The third-order valence-electron chi connectivity index (χ3n) is 4.29. The Hall–Kier alpha value is -2.86. The van der Waals surface area contributed by atoms with Crippen molar-refractivity contribution >= 4 is 23.0 Å². The number of carbonyl (C=O) groups is 1. The van der Waals surface area contributed by atoms with E-state index in [0.717, 1.165) is 39.4 Å². The molecule has 0 atom stereocenters. The number of aromatic nitrogens is 2. The van der Waals surface area contributed by atoms with E-state index in [1.807, 2.05) is 48.1 Å². The topological polar surface area (TPSA) is 67.2 Å². The van der Waals surface area contributed by atoms with Crippen LogP contribution in [-0.2, 0) is 24.3 Å². The third-order valence-corrected chi connectivity index (χ3v) is 5.02. The van der Waals surface area contributed by atoms with Crippen LogP contribution < -0.4 is 5.32 Å². The first-order chi connectivity index (χ1) is 12.7. The largest absolute Gasteiger partial charge is 0.352 e. The smallest absolute Gasteiger partial charge is 0.226 e. The number of aliphatic imine (C=N–C) groups is 1. The highest BCUT2D eigenvalue weighted by Crippen LogP contribution is 2.23. The predicted molar refractivity (Wildman–Crippen MR) is 102 cm³/mol. The first-order valence-corrected chi connectivity index (χ1v) is 9.37. The molecule has 0 bridgehead atoms. The number of fused-ring (bicyclic) bond motifs is 1. The van der Waals surface area contributed by atoms with Crippen molar-refractivity contribution in [1.82, 2.24) is 15.3 Å². The molecule has 1 aliphatic heterocycles. The number of nitrogens with zero attached hydrogens (tertiary/aromatic N) is 3. The van der Waals surface area contributed by atoms with Crippen molar-refractivity contribution in [2.75, 3.05) is 0 Å². The normalized spacial score (nSPS) is 12.6. The lowest BCUT2D eigenvalue weighted by molar-refractivity contribution is -0.120. The molecule has 0 spiro atoms. The molecule has 26 heavy (non-hydrogen) atoms. The van der Waals surface area contributed by atoms with Gasteiger partial charge >= 0.3 is 0 Å². The summed E-state index contributed by atoms with van der Waals surface area (Å²) in [5, 5.41) is 6.97. The van der Waals surface area contributed by atoms with Crippen LogP contribution in [0.1, 0.15) is 33.6 Å². The number of amides is 1. The van der Waals surface area contributed by atoms with Gasteiger partial charge in [0.05, 0.1) is 24.4 Å². The molecule has 0 saturated heterocycles. The molecule has 0 fully saturated rings. The fourth-order valence-electron chi connectivity index (χ4n) is 3.00. The lowest BCUT2D eigenvalue weighted by Gasteiger charge is -2.07. The minimum absolute atomic E-state index is 0.0208. The summed E-state index contributed by atoms with van der Waals surface area (Å²) in [4.78, 5) is 25.5. The van der Waals surface area contributed by atoms with Crippen LogP contribution in [0.3, 0.4) is 0 Å². The number of pyridine rings is 2. The van der Waals surface area contributed by atoms with Crippen molar-refractivity contribution in [3.05, 3.63) is 81.1 Å². The van der Waals surface area contributed by atoms with Gasteiger partial charge in [-0.1, -0.05) is 0 Å². The summed E-state index contributed by atoms with van der Waals surface area (Å²) in [7, 11) is 0. The number of carbonyl (C=O) groups excluding carboxylic acids is 1. The van der Waals surface area contributed by atoms with Crippen molar-refractivity contribution in [3.63, 3.8) is 0 Å². The fraction of sp³-hybridized carbons (Fsp3) is 0.200. The minimum atomic E-state index is -0.0208. The van der Waals surface area contributed by atoms with Crippen molar-refractivity contribution < 1.29 is 4.79 Å². The number of hydrogen-bond acceptors (Lipinski definition) is 5. The Balaban J connectivity index is 1.45. The van der Waals surface area contributed by atoms with Gasteiger partial charge in [0.1, 0.15) is 0 Å². The first-order valence-electron chi connectivity index (χ1n) is 8.42. The highest BCUT2D eigenvalue weighted by Gasteiger charge is 2.19. The molecule has 1 N–H and O–H groups in total. The van der Waals surface area contributed by atoms with Crippen LogP contribution in [0.25, 0.3) is 0 Å². The second kappa shape index (κ2) is 7.17. The van der Waals surface area contributed by atoms with Gasteiger partial charge in [0.2, 0.25) is 5.91 Å². The van der Waals surface area contributed by atoms with Crippen LogP contribution in [-0.4, -0.2) is 21.6 Å². The van der Waals surface area contributed by atoms with Crippen LogP contribution in [0.5, 0.6) is 0 Å². The van der Waals surface area contributed by atoms with Crippen molar-refractivity contribution in [2.45, 2.75) is 26.4 Å². The summed E-state index contributed by atoms with van der Waals surface area (Å²) >= 11 is 1.63. The molecule has 0 radical (unpaired) electrons. The van der Waals surface area contributed by atoms with Gasteiger partial charge in [-0.2, -0.15) is 11.3 Å². The maximum absolute atomic E-state index is 12.1. The zero-order valence-electron chi connectivity index (χ0n) is 14.4. The molecule has 1 amide bonds. The van der Waals surface area contributed by atoms with Crippen LogP contribution in [0.15, 0.2) is 52.4 Å². The Morgan fingerprint density at radius 3 is 3.00 bits per heavy atom. The van der Waals surface area contributed by atoms with E-state index in [-0.39, 0.29) is 12.3 Å². The van der Waals surface area contributed by atoms with Gasteiger partial charge in [-0.3, -0.25) is 19.8 Å². The number of hydrogen-bond donors (Lipinski definition) is 1. The second-order valence-corrected chi connectivity index (χ2v) is 7.05. The zero-order valence-corrected chi connectivity index (χ0v) is 15.2. The van der Waals surface area contributed by atoms with E-state index >= 15 is 0 Å². The highest BCUT2D eigenvalue weighted by molar-refractivity contribution is 7.07. The fourth-order valence-corrected chi connectivity index (χ4v) is 3.67. The summed E-state index contributed by atoms with van der Waals surface area (Å²) in [5.74, 6) is -0.0208. The molecule has 3 aromatic heterocycles. The second-order valence-electron chi connectivity index (χ2n) is 6.27.